The minimum Gasteiger partial charge on any atom is -0.308 e. The number of aromatic nitrogens is 2. The van der Waals surface area contributed by atoms with E-state index in [1.807, 2.05) is 104 Å². The molecule has 2 heterocycles. The van der Waals surface area contributed by atoms with Gasteiger partial charge in [0.05, 0.1) is 118 Å². The van der Waals surface area contributed by atoms with Gasteiger partial charge in [0.25, 0.3) is 0 Å². The van der Waals surface area contributed by atoms with Gasteiger partial charge in [-0.3, -0.25) is 0 Å². The molecule has 10 aromatic carbocycles. The molecule has 0 radical (unpaired) electrons. The van der Waals surface area contributed by atoms with E-state index in [4.69, 9.17) is 26.3 Å². The Hall–Kier alpha value is -13.3. The predicted molar refractivity (Wildman–Crippen MR) is 320 cm³/mol. The van der Waals surface area contributed by atoms with Gasteiger partial charge in [0.15, 0.2) is 22.7 Å². The summed E-state index contributed by atoms with van der Waals surface area (Å²) < 4.78 is 4.22. The molecule has 0 aliphatic rings. The zero-order chi connectivity index (χ0) is 57.6. The van der Waals surface area contributed by atoms with Gasteiger partial charge in [0.1, 0.15) is 0 Å². The molecule has 0 atom stereocenters. The zero-order valence-electron chi connectivity index (χ0n) is 43.6. The fourth-order valence-corrected chi connectivity index (χ4v) is 11.2. The summed E-state index contributed by atoms with van der Waals surface area (Å²) in [6.45, 7) is 33.3. The number of fused-ring (bicyclic) bond motifs is 6. The Morgan fingerprint density at radius 3 is 0.952 bits per heavy atom. The van der Waals surface area contributed by atoms with Crippen LogP contribution < -0.4 is 0 Å². The number of benzene rings is 10. The Balaban J connectivity index is 1.22. The van der Waals surface area contributed by atoms with Crippen molar-refractivity contribution in [3.8, 4) is 103 Å². The van der Waals surface area contributed by atoms with E-state index in [0.29, 0.717) is 95.3 Å². The first-order valence-corrected chi connectivity index (χ1v) is 25.5. The van der Waals surface area contributed by atoms with Crippen molar-refractivity contribution < 1.29 is 0 Å². The van der Waals surface area contributed by atoms with Crippen LogP contribution in [0.15, 0.2) is 176 Å². The molecule has 0 unspecified atom stereocenters. The lowest BCUT2D eigenvalue weighted by molar-refractivity contribution is 1.13. The average Bonchev–Trinajstić information content (AvgIpc) is 3.79. The second-order valence-electron chi connectivity index (χ2n) is 19.7. The first-order chi connectivity index (χ1) is 40.5. The maximum absolute atomic E-state index is 11.2. The summed E-state index contributed by atoms with van der Waals surface area (Å²) in [7, 11) is 0. The van der Waals surface area contributed by atoms with Crippen molar-refractivity contribution in [1.82, 2.24) is 9.13 Å². The molecule has 83 heavy (non-hydrogen) atoms. The molecule has 0 saturated carbocycles. The van der Waals surface area contributed by atoms with E-state index in [0.717, 1.165) is 77.0 Å². The van der Waals surface area contributed by atoms with Crippen LogP contribution in [0.4, 0.5) is 22.7 Å². The number of nitriles is 6. The lowest BCUT2D eigenvalue weighted by Gasteiger charge is -2.22. The standard InChI is InChI=1S/C71H32N12/c1-41-16-42(35-72)6-11-60(41)71-69(82-65-12-7-48(52-18-43(36-73)17-44(19-52)37-74)30-61(65)62-31-49(8-13-66(62)82)53-20-45(38-75)22-56(26-53)78-2)24-47(40-77)25-70(71)83-67-14-9-50(54-21-46(39-76)23-57(27-54)79-3)32-63(67)64-33-51(10-15-68(64)83)55-28-58(80-4)34-59(29-55)81-5/h6-34H,1H3. The lowest BCUT2D eigenvalue weighted by Crippen LogP contribution is -2.06. The molecule has 12 nitrogen and oxygen atoms in total. The quantitative estimate of drug-likeness (QED) is 0.144. The molecular formula is C71H32N12. The molecule has 2 aromatic heterocycles. The van der Waals surface area contributed by atoms with Gasteiger partial charge in [-0.2, -0.15) is 31.6 Å². The maximum Gasteiger partial charge on any atom is 0.189 e. The molecule has 376 valence electrons. The van der Waals surface area contributed by atoms with E-state index in [-0.39, 0.29) is 0 Å². The minimum atomic E-state index is 0.307. The Bertz CT molecular complexity index is 4680. The Morgan fingerprint density at radius 2 is 0.614 bits per heavy atom. The highest BCUT2D eigenvalue weighted by Gasteiger charge is 2.26. The van der Waals surface area contributed by atoms with Gasteiger partial charge in [-0.05, 0) is 190 Å². The van der Waals surface area contributed by atoms with Crippen LogP contribution in [0.5, 0.6) is 0 Å². The third kappa shape index (κ3) is 8.68. The molecule has 0 saturated heterocycles. The van der Waals surface area contributed by atoms with Gasteiger partial charge in [0.2, 0.25) is 0 Å². The molecule has 0 spiro atoms. The second kappa shape index (κ2) is 20.2. The number of hydrogen-bond acceptors (Lipinski definition) is 6. The Labute approximate surface area is 475 Å². The predicted octanol–water partition coefficient (Wildman–Crippen LogP) is 18.0. The number of hydrogen-bond donors (Lipinski definition) is 0. The summed E-state index contributed by atoms with van der Waals surface area (Å²) >= 11 is 0. The fourth-order valence-electron chi connectivity index (χ4n) is 11.2. The summed E-state index contributed by atoms with van der Waals surface area (Å²) in [4.78, 5) is 14.7. The van der Waals surface area contributed by atoms with Gasteiger partial charge in [-0.15, -0.1) is 0 Å². The van der Waals surface area contributed by atoms with Crippen molar-refractivity contribution >= 4 is 66.4 Å². The third-order valence-electron chi connectivity index (χ3n) is 14.9. The van der Waals surface area contributed by atoms with Gasteiger partial charge in [-0.1, -0.05) is 48.5 Å². The van der Waals surface area contributed by atoms with Crippen molar-refractivity contribution in [2.45, 2.75) is 6.92 Å². The Kier molecular flexibility index (Phi) is 12.3. The highest BCUT2D eigenvalue weighted by molar-refractivity contribution is 6.15. The summed E-state index contributed by atoms with van der Waals surface area (Å²) in [5.41, 5.74) is 15.3. The molecule has 0 amide bonds. The molecule has 12 heteroatoms. The van der Waals surface area contributed by atoms with E-state index in [9.17, 15) is 31.6 Å². The highest BCUT2D eigenvalue weighted by Crippen LogP contribution is 2.47. The summed E-state index contributed by atoms with van der Waals surface area (Å²) in [6.07, 6.45) is 0. The second-order valence-corrected chi connectivity index (χ2v) is 19.7. The SMILES string of the molecule is [C-]#[N+]c1cc(C#N)cc(-c2ccc3c(c2)c2cc(-c4cc(C#N)cc(C#N)c4)ccc2n3-c2cc(C#N)cc(-n3c4ccc(-c5cc(C#N)cc([N+]#[C-])c5)cc4c4cc(-c5cc([N+]#[C-])cc([N+]#[C-])c5)ccc43)c2-c2ccc(C#N)cc2C)c1. The first-order valence-electron chi connectivity index (χ1n) is 25.5. The maximum atomic E-state index is 11.2. The van der Waals surface area contributed by atoms with Crippen molar-refractivity contribution in [3.05, 3.63) is 261 Å². The molecule has 0 fully saturated rings. The van der Waals surface area contributed by atoms with Crippen molar-refractivity contribution in [1.29, 1.82) is 31.6 Å². The number of rotatable bonds is 7. The molecule has 0 aliphatic carbocycles. The third-order valence-corrected chi connectivity index (χ3v) is 14.9. The van der Waals surface area contributed by atoms with E-state index in [2.05, 4.69) is 64.9 Å². The van der Waals surface area contributed by atoms with Crippen LogP contribution in [-0.2, 0) is 0 Å². The largest absolute Gasteiger partial charge is 0.308 e. The van der Waals surface area contributed by atoms with E-state index < -0.39 is 0 Å². The van der Waals surface area contributed by atoms with E-state index in [1.165, 1.54) is 6.07 Å². The van der Waals surface area contributed by atoms with Crippen LogP contribution >= 0.6 is 0 Å². The summed E-state index contributed by atoms with van der Waals surface area (Å²) in [6, 6.07) is 66.6. The van der Waals surface area contributed by atoms with Crippen molar-refractivity contribution in [3.63, 3.8) is 0 Å². The van der Waals surface area contributed by atoms with E-state index >= 15 is 0 Å². The van der Waals surface area contributed by atoms with Crippen LogP contribution in [-0.4, -0.2) is 9.13 Å². The number of aryl methyl sites for hydroxylation is 1. The van der Waals surface area contributed by atoms with Gasteiger partial charge in [0, 0.05) is 38.2 Å². The highest BCUT2D eigenvalue weighted by atomic mass is 15.0. The smallest absolute Gasteiger partial charge is 0.189 e. The van der Waals surface area contributed by atoms with Gasteiger partial charge >= 0.3 is 0 Å². The van der Waals surface area contributed by atoms with Crippen LogP contribution in [0.25, 0.3) is 130 Å². The molecule has 0 aliphatic heterocycles. The van der Waals surface area contributed by atoms with Gasteiger partial charge in [-0.25, -0.2) is 19.4 Å². The van der Waals surface area contributed by atoms with Crippen LogP contribution in [0.2, 0.25) is 0 Å². The van der Waals surface area contributed by atoms with Crippen molar-refractivity contribution in [2.24, 2.45) is 0 Å². The molecule has 0 bridgehead atoms. The monoisotopic (exact) mass is 1050 g/mol. The topological polar surface area (TPSA) is 170 Å². The summed E-state index contributed by atoms with van der Waals surface area (Å²) in [5, 5.41) is 64.6. The molecule has 0 N–H and O–H groups in total. The normalized spacial score (nSPS) is 10.6. The van der Waals surface area contributed by atoms with Crippen LogP contribution in [0.3, 0.4) is 0 Å². The average molecular weight is 1050 g/mol. The van der Waals surface area contributed by atoms with Crippen LogP contribution in [0, 0.1) is 101 Å². The van der Waals surface area contributed by atoms with Crippen molar-refractivity contribution in [2.75, 3.05) is 0 Å². The fraction of sp³-hybridized carbons (Fsp3) is 0.0141. The van der Waals surface area contributed by atoms with E-state index in [1.54, 1.807) is 72.8 Å². The van der Waals surface area contributed by atoms with Crippen LogP contribution in [0.1, 0.15) is 38.9 Å². The number of nitrogens with zero attached hydrogens (tertiary/aromatic N) is 12. The molecular weight excluding hydrogens is 1020 g/mol. The molecule has 12 aromatic rings. The molecule has 12 rings (SSSR count). The first kappa shape index (κ1) is 50.5. The minimum absolute atomic E-state index is 0.307. The Morgan fingerprint density at radius 1 is 0.301 bits per heavy atom. The lowest BCUT2D eigenvalue weighted by atomic mass is 9.93. The zero-order valence-corrected chi connectivity index (χ0v) is 43.6. The van der Waals surface area contributed by atoms with Gasteiger partial charge < -0.3 is 9.13 Å². The summed E-state index contributed by atoms with van der Waals surface area (Å²) in [5.74, 6) is 0.